The van der Waals surface area contributed by atoms with E-state index in [1.165, 1.54) is 0 Å². The van der Waals surface area contributed by atoms with Gasteiger partial charge in [-0.1, -0.05) is 6.07 Å². The lowest BCUT2D eigenvalue weighted by molar-refractivity contribution is 0.0772. The average Bonchev–Trinajstić information content (AvgIpc) is 3.42. The van der Waals surface area contributed by atoms with Crippen LogP contribution in [0.1, 0.15) is 42.6 Å². The van der Waals surface area contributed by atoms with E-state index in [9.17, 15) is 10.1 Å². The summed E-state index contributed by atoms with van der Waals surface area (Å²) in [5, 5.41) is 13.4. The maximum Gasteiger partial charge on any atom is 0.253 e. The molecule has 200 valence electrons. The van der Waals surface area contributed by atoms with Gasteiger partial charge in [0.05, 0.1) is 23.9 Å². The zero-order valence-corrected chi connectivity index (χ0v) is 22.5. The van der Waals surface area contributed by atoms with E-state index in [0.29, 0.717) is 52.9 Å². The fraction of sp³-hybridized carbons (Fsp3) is 0.323. The van der Waals surface area contributed by atoms with Crippen LogP contribution in [-0.2, 0) is 4.74 Å². The molecule has 1 saturated heterocycles. The quantitative estimate of drug-likeness (QED) is 0.297. The molecule has 5 rings (SSSR count). The zero-order valence-electron chi connectivity index (χ0n) is 22.5. The van der Waals surface area contributed by atoms with Gasteiger partial charge < -0.3 is 24.1 Å². The Morgan fingerprint density at radius 3 is 2.62 bits per heavy atom. The number of furan rings is 1. The highest BCUT2D eigenvalue weighted by atomic mass is 16.5. The third kappa shape index (κ3) is 5.31. The van der Waals surface area contributed by atoms with Crippen LogP contribution in [0.15, 0.2) is 59.1 Å². The first-order valence-corrected chi connectivity index (χ1v) is 13.3. The molecule has 8 nitrogen and oxygen atoms in total. The average molecular weight is 525 g/mol. The first kappa shape index (κ1) is 26.3. The molecule has 2 aromatic heterocycles. The van der Waals surface area contributed by atoms with Crippen molar-refractivity contribution < 1.29 is 18.7 Å². The summed E-state index contributed by atoms with van der Waals surface area (Å²) < 4.78 is 17.4. The van der Waals surface area contributed by atoms with Crippen LogP contribution in [-0.4, -0.2) is 55.2 Å². The Morgan fingerprint density at radius 2 is 1.90 bits per heavy atom. The van der Waals surface area contributed by atoms with Gasteiger partial charge in [-0.3, -0.25) is 9.78 Å². The van der Waals surface area contributed by atoms with Crippen LogP contribution in [0.4, 0.5) is 5.69 Å². The molecule has 3 heterocycles. The fourth-order valence-electron chi connectivity index (χ4n) is 5.01. The lowest BCUT2D eigenvalue weighted by atomic mass is 10.0. The van der Waals surface area contributed by atoms with Crippen LogP contribution in [0.25, 0.3) is 33.6 Å². The topological polar surface area (TPSA) is 101 Å². The minimum atomic E-state index is -0.0403. The van der Waals surface area contributed by atoms with Gasteiger partial charge in [0.15, 0.2) is 5.58 Å². The van der Waals surface area contributed by atoms with Crippen LogP contribution in [0.3, 0.4) is 0 Å². The summed E-state index contributed by atoms with van der Waals surface area (Å²) in [6, 6.07) is 17.6. The zero-order chi connectivity index (χ0) is 27.4. The minimum absolute atomic E-state index is 0.0403. The van der Waals surface area contributed by atoms with E-state index >= 15 is 0 Å². The number of ether oxygens (including phenoxy) is 2. The van der Waals surface area contributed by atoms with Crippen LogP contribution >= 0.6 is 0 Å². The molecular weight excluding hydrogens is 492 g/mol. The third-order valence-electron chi connectivity index (χ3n) is 7.21. The number of carbonyl (C=O) groups excluding carboxylic acids is 1. The molecule has 0 radical (unpaired) electrons. The Kier molecular flexibility index (Phi) is 7.80. The molecule has 1 fully saturated rings. The molecule has 0 spiro atoms. The van der Waals surface area contributed by atoms with Crippen molar-refractivity contribution in [2.45, 2.75) is 32.7 Å². The highest BCUT2D eigenvalue weighted by Crippen LogP contribution is 2.38. The summed E-state index contributed by atoms with van der Waals surface area (Å²) >= 11 is 0. The fourth-order valence-corrected chi connectivity index (χ4v) is 5.01. The Bertz CT molecular complexity index is 1530. The van der Waals surface area contributed by atoms with Gasteiger partial charge in [-0.05, 0) is 68.7 Å². The number of anilines is 1. The van der Waals surface area contributed by atoms with E-state index in [1.807, 2.05) is 50.2 Å². The summed E-state index contributed by atoms with van der Waals surface area (Å²) in [6.45, 7) is 6.65. The lowest BCUT2D eigenvalue weighted by Gasteiger charge is -2.24. The molecule has 4 aromatic rings. The van der Waals surface area contributed by atoms with E-state index in [4.69, 9.17) is 13.9 Å². The van der Waals surface area contributed by atoms with E-state index < -0.39 is 0 Å². The van der Waals surface area contributed by atoms with Gasteiger partial charge in [-0.15, -0.1) is 0 Å². The number of nitrogens with one attached hydrogen (secondary N) is 1. The Hall–Kier alpha value is -4.35. The number of hydrogen-bond donors (Lipinski definition) is 1. The molecule has 1 amide bonds. The Morgan fingerprint density at radius 1 is 1.10 bits per heavy atom. The van der Waals surface area contributed by atoms with Gasteiger partial charge >= 0.3 is 0 Å². The molecule has 39 heavy (non-hydrogen) atoms. The first-order valence-electron chi connectivity index (χ1n) is 13.3. The molecule has 0 unspecified atom stereocenters. The summed E-state index contributed by atoms with van der Waals surface area (Å²) in [6.07, 6.45) is 3.57. The van der Waals surface area contributed by atoms with E-state index in [2.05, 4.69) is 16.4 Å². The second-order valence-electron chi connectivity index (χ2n) is 9.48. The summed E-state index contributed by atoms with van der Waals surface area (Å²) in [4.78, 5) is 19.1. The maximum absolute atomic E-state index is 12.9. The molecular formula is C31H32N4O4. The number of pyridine rings is 1. The van der Waals surface area contributed by atoms with Crippen LogP contribution < -0.4 is 10.1 Å². The predicted molar refractivity (Wildman–Crippen MR) is 151 cm³/mol. The summed E-state index contributed by atoms with van der Waals surface area (Å²) in [7, 11) is 1.58. The number of nitriles is 1. The number of carbonyl (C=O) groups is 1. The lowest BCUT2D eigenvalue weighted by Crippen LogP contribution is -2.30. The molecule has 1 aliphatic heterocycles. The number of amides is 1. The number of benzene rings is 2. The monoisotopic (exact) mass is 524 g/mol. The summed E-state index contributed by atoms with van der Waals surface area (Å²) in [5.74, 6) is 1.09. The maximum atomic E-state index is 12.9. The number of rotatable bonds is 8. The van der Waals surface area contributed by atoms with Gasteiger partial charge in [-0.25, -0.2) is 0 Å². The molecule has 0 atom stereocenters. The van der Waals surface area contributed by atoms with Crippen molar-refractivity contribution in [2.24, 2.45) is 0 Å². The van der Waals surface area contributed by atoms with Gasteiger partial charge in [0.2, 0.25) is 0 Å². The van der Waals surface area contributed by atoms with Crippen molar-refractivity contribution in [2.75, 3.05) is 38.7 Å². The highest BCUT2D eigenvalue weighted by Gasteiger charge is 2.20. The van der Waals surface area contributed by atoms with Crippen molar-refractivity contribution in [1.82, 2.24) is 9.88 Å². The normalized spacial score (nSPS) is 13.7. The Labute approximate surface area is 228 Å². The number of hydrogen-bond acceptors (Lipinski definition) is 7. The largest absolute Gasteiger partial charge is 0.496 e. The molecule has 2 aromatic carbocycles. The SMILES string of the molecule is CCN(CC)C(=O)c1ccc(-c2cc3nccc(-c4ccc(NC5CCOCC5)c(C#N)c4)c3o2)c(OC)c1. The highest BCUT2D eigenvalue weighted by molar-refractivity contribution is 5.96. The van der Waals surface area contributed by atoms with Gasteiger partial charge in [0.1, 0.15) is 23.1 Å². The number of fused-ring (bicyclic) bond motifs is 1. The van der Waals surface area contributed by atoms with Crippen molar-refractivity contribution >= 4 is 22.7 Å². The molecule has 1 aliphatic rings. The van der Waals surface area contributed by atoms with Crippen molar-refractivity contribution in [3.8, 4) is 34.3 Å². The molecule has 8 heteroatoms. The standard InChI is InChI=1S/C31H32N4O4/c1-4-35(5-2)31(36)21-6-8-25(28(17-21)37-3)29-18-27-30(39-29)24(10-13-33-27)20-7-9-26(22(16-20)19-32)34-23-11-14-38-15-12-23/h6-10,13,16-18,23,34H,4-5,11-12,14-15H2,1-3H3. The van der Waals surface area contributed by atoms with Crippen LogP contribution in [0.5, 0.6) is 5.75 Å². The second-order valence-corrected chi connectivity index (χ2v) is 9.48. The van der Waals surface area contributed by atoms with Gasteiger partial charge in [0, 0.05) is 55.7 Å². The Balaban J connectivity index is 1.49. The van der Waals surface area contributed by atoms with Crippen LogP contribution in [0.2, 0.25) is 0 Å². The molecule has 0 aliphatic carbocycles. The number of nitrogens with zero attached hydrogens (tertiary/aromatic N) is 3. The van der Waals surface area contributed by atoms with Crippen molar-refractivity contribution in [1.29, 1.82) is 5.26 Å². The predicted octanol–water partition coefficient (Wildman–Crippen LogP) is 6.11. The van der Waals surface area contributed by atoms with E-state index in [1.54, 1.807) is 30.3 Å². The van der Waals surface area contributed by atoms with Crippen LogP contribution in [0, 0.1) is 11.3 Å². The second kappa shape index (κ2) is 11.6. The van der Waals surface area contributed by atoms with Crippen molar-refractivity contribution in [3.63, 3.8) is 0 Å². The first-order chi connectivity index (χ1) is 19.1. The minimum Gasteiger partial charge on any atom is -0.496 e. The van der Waals surface area contributed by atoms with Crippen molar-refractivity contribution in [3.05, 3.63) is 65.9 Å². The number of methoxy groups -OCH3 is 1. The third-order valence-corrected chi connectivity index (χ3v) is 7.21. The van der Waals surface area contributed by atoms with E-state index in [0.717, 1.165) is 48.4 Å². The van der Waals surface area contributed by atoms with Gasteiger partial charge in [-0.2, -0.15) is 5.26 Å². The number of aromatic nitrogens is 1. The molecule has 1 N–H and O–H groups in total. The summed E-state index contributed by atoms with van der Waals surface area (Å²) in [5.41, 5.74) is 5.70. The van der Waals surface area contributed by atoms with E-state index in [-0.39, 0.29) is 5.91 Å². The molecule has 0 saturated carbocycles. The molecule has 0 bridgehead atoms. The smallest absolute Gasteiger partial charge is 0.253 e. The van der Waals surface area contributed by atoms with Gasteiger partial charge in [0.25, 0.3) is 5.91 Å².